The van der Waals surface area contributed by atoms with Gasteiger partial charge >= 0.3 is 6.18 Å². The van der Waals surface area contributed by atoms with Crippen LogP contribution in [-0.2, 0) is 16.0 Å². The van der Waals surface area contributed by atoms with Crippen LogP contribution in [0.25, 0.3) is 0 Å². The maximum atomic E-state index is 11.9. The molecular formula is C14H18F3NO3. The fourth-order valence-corrected chi connectivity index (χ4v) is 1.62. The van der Waals surface area contributed by atoms with Gasteiger partial charge in [0.1, 0.15) is 12.7 Å². The molecular weight excluding hydrogens is 287 g/mol. The molecule has 0 bridgehead atoms. The second kappa shape index (κ2) is 7.99. The van der Waals surface area contributed by atoms with Crippen molar-refractivity contribution in [2.75, 3.05) is 13.2 Å². The van der Waals surface area contributed by atoms with E-state index in [1.54, 1.807) is 0 Å². The molecule has 118 valence electrons. The van der Waals surface area contributed by atoms with Crippen LogP contribution in [0.3, 0.4) is 0 Å². The van der Waals surface area contributed by atoms with Crippen molar-refractivity contribution < 1.29 is 27.8 Å². The van der Waals surface area contributed by atoms with Crippen LogP contribution in [0.5, 0.6) is 0 Å². The normalized spacial score (nSPS) is 14.5. The monoisotopic (exact) mass is 305 g/mol. The van der Waals surface area contributed by atoms with Crippen molar-refractivity contribution in [1.29, 1.82) is 0 Å². The Morgan fingerprint density at radius 2 is 1.95 bits per heavy atom. The number of nitrogens with one attached hydrogen (secondary N) is 1. The van der Waals surface area contributed by atoms with E-state index < -0.39 is 30.9 Å². The van der Waals surface area contributed by atoms with Crippen molar-refractivity contribution in [3.05, 3.63) is 35.9 Å². The number of aliphatic hydroxyl groups excluding tert-OH is 1. The smallest absolute Gasteiger partial charge is 0.391 e. The van der Waals surface area contributed by atoms with E-state index in [-0.39, 0.29) is 6.54 Å². The van der Waals surface area contributed by atoms with Gasteiger partial charge in [-0.25, -0.2) is 0 Å². The minimum atomic E-state index is -4.47. The number of carbonyl (C=O) groups is 1. The van der Waals surface area contributed by atoms with Gasteiger partial charge in [-0.2, -0.15) is 13.2 Å². The Morgan fingerprint density at radius 1 is 1.33 bits per heavy atom. The molecule has 0 spiro atoms. The number of alkyl halides is 3. The van der Waals surface area contributed by atoms with Gasteiger partial charge < -0.3 is 15.2 Å². The third-order valence-corrected chi connectivity index (χ3v) is 2.69. The first kappa shape index (κ1) is 17.5. The Balaban J connectivity index is 2.28. The molecule has 7 heteroatoms. The summed E-state index contributed by atoms with van der Waals surface area (Å²) in [5.41, 5.74) is 0.903. The molecule has 1 aromatic carbocycles. The highest BCUT2D eigenvalue weighted by Crippen LogP contribution is 2.15. The second-order valence-electron chi connectivity index (χ2n) is 4.66. The minimum Gasteiger partial charge on any atom is -0.391 e. The molecule has 2 atom stereocenters. The van der Waals surface area contributed by atoms with Gasteiger partial charge in [0.2, 0.25) is 5.91 Å². The zero-order valence-electron chi connectivity index (χ0n) is 11.6. The predicted octanol–water partition coefficient (Wildman–Crippen LogP) is 1.67. The maximum Gasteiger partial charge on any atom is 0.411 e. The van der Waals surface area contributed by atoms with E-state index in [1.807, 2.05) is 30.3 Å². The Kier molecular flexibility index (Phi) is 6.64. The van der Waals surface area contributed by atoms with E-state index in [0.717, 1.165) is 5.56 Å². The van der Waals surface area contributed by atoms with Gasteiger partial charge in [-0.1, -0.05) is 30.3 Å². The van der Waals surface area contributed by atoms with Crippen LogP contribution >= 0.6 is 0 Å². The van der Waals surface area contributed by atoms with E-state index in [9.17, 15) is 23.1 Å². The lowest BCUT2D eigenvalue weighted by Crippen LogP contribution is -2.40. The molecule has 2 N–H and O–H groups in total. The molecule has 0 saturated heterocycles. The molecule has 0 aromatic heterocycles. The highest BCUT2D eigenvalue weighted by molar-refractivity contribution is 5.80. The van der Waals surface area contributed by atoms with E-state index in [2.05, 4.69) is 10.1 Å². The van der Waals surface area contributed by atoms with Crippen LogP contribution < -0.4 is 5.32 Å². The number of rotatable bonds is 7. The fraction of sp³-hybridized carbons (Fsp3) is 0.500. The van der Waals surface area contributed by atoms with Gasteiger partial charge in [0.05, 0.1) is 6.10 Å². The summed E-state index contributed by atoms with van der Waals surface area (Å²) in [7, 11) is 0. The zero-order chi connectivity index (χ0) is 15.9. The fourth-order valence-electron chi connectivity index (χ4n) is 1.62. The summed E-state index contributed by atoms with van der Waals surface area (Å²) < 4.78 is 40.2. The Labute approximate surface area is 120 Å². The molecule has 0 aliphatic carbocycles. The summed E-state index contributed by atoms with van der Waals surface area (Å²) in [6, 6.07) is 9.17. The largest absolute Gasteiger partial charge is 0.411 e. The lowest BCUT2D eigenvalue weighted by Gasteiger charge is -2.16. The third kappa shape index (κ3) is 7.67. The van der Waals surface area contributed by atoms with Crippen LogP contribution in [0.4, 0.5) is 13.2 Å². The summed E-state index contributed by atoms with van der Waals surface area (Å²) >= 11 is 0. The van der Waals surface area contributed by atoms with Gasteiger partial charge in [0.25, 0.3) is 0 Å². The number of hydrogen-bond donors (Lipinski definition) is 2. The number of carbonyl (C=O) groups excluding carboxylic acids is 1. The SMILES string of the molecule is C[C@@H](OCC(F)(F)F)C(=O)NC[C@H](O)Cc1ccccc1. The van der Waals surface area contributed by atoms with Crippen LogP contribution in [0, 0.1) is 0 Å². The average molecular weight is 305 g/mol. The first-order valence-electron chi connectivity index (χ1n) is 6.46. The van der Waals surface area contributed by atoms with Crippen molar-refractivity contribution in [1.82, 2.24) is 5.32 Å². The van der Waals surface area contributed by atoms with Crippen molar-refractivity contribution in [3.63, 3.8) is 0 Å². The lowest BCUT2D eigenvalue weighted by molar-refractivity contribution is -0.185. The summed E-state index contributed by atoms with van der Waals surface area (Å²) in [6.07, 6.45) is -6.16. The number of benzene rings is 1. The molecule has 0 aliphatic rings. The number of amides is 1. The van der Waals surface area contributed by atoms with Crippen molar-refractivity contribution >= 4 is 5.91 Å². The lowest BCUT2D eigenvalue weighted by atomic mass is 10.1. The summed E-state index contributed by atoms with van der Waals surface area (Å²) in [5, 5.41) is 12.1. The molecule has 0 aliphatic heterocycles. The van der Waals surface area contributed by atoms with Crippen LogP contribution in [0.1, 0.15) is 12.5 Å². The molecule has 0 heterocycles. The number of halogens is 3. The van der Waals surface area contributed by atoms with Gasteiger partial charge in [-0.3, -0.25) is 4.79 Å². The van der Waals surface area contributed by atoms with Gasteiger partial charge in [0, 0.05) is 13.0 Å². The van der Waals surface area contributed by atoms with E-state index in [0.29, 0.717) is 6.42 Å². The third-order valence-electron chi connectivity index (χ3n) is 2.69. The number of aliphatic hydroxyl groups is 1. The number of hydrogen-bond acceptors (Lipinski definition) is 3. The van der Waals surface area contributed by atoms with Gasteiger partial charge in [-0.05, 0) is 12.5 Å². The second-order valence-corrected chi connectivity index (χ2v) is 4.66. The molecule has 0 saturated carbocycles. The van der Waals surface area contributed by atoms with E-state index >= 15 is 0 Å². The molecule has 21 heavy (non-hydrogen) atoms. The molecule has 1 rings (SSSR count). The first-order valence-corrected chi connectivity index (χ1v) is 6.46. The topological polar surface area (TPSA) is 58.6 Å². The average Bonchev–Trinajstić information content (AvgIpc) is 2.42. The molecule has 0 fully saturated rings. The minimum absolute atomic E-state index is 0.0482. The standard InChI is InChI=1S/C14H18F3NO3/c1-10(21-9-14(15,16)17)13(20)18-8-12(19)7-11-5-3-2-4-6-11/h2-6,10,12,19H,7-9H2,1H3,(H,18,20)/t10-,12-/m1/s1. The summed E-state index contributed by atoms with van der Waals surface area (Å²) in [5.74, 6) is -0.689. The van der Waals surface area contributed by atoms with Gasteiger partial charge in [-0.15, -0.1) is 0 Å². The highest BCUT2D eigenvalue weighted by atomic mass is 19.4. The zero-order valence-corrected chi connectivity index (χ0v) is 11.6. The van der Waals surface area contributed by atoms with Crippen LogP contribution in [0.15, 0.2) is 30.3 Å². The van der Waals surface area contributed by atoms with E-state index in [1.165, 1.54) is 6.92 Å². The van der Waals surface area contributed by atoms with Crippen molar-refractivity contribution in [3.8, 4) is 0 Å². The van der Waals surface area contributed by atoms with E-state index in [4.69, 9.17) is 0 Å². The summed E-state index contributed by atoms with van der Waals surface area (Å²) in [6.45, 7) is -0.299. The molecule has 0 radical (unpaired) electrons. The Hall–Kier alpha value is -1.60. The Morgan fingerprint density at radius 3 is 2.52 bits per heavy atom. The van der Waals surface area contributed by atoms with Crippen LogP contribution in [-0.4, -0.2) is 42.5 Å². The van der Waals surface area contributed by atoms with Crippen LogP contribution in [0.2, 0.25) is 0 Å². The molecule has 1 amide bonds. The van der Waals surface area contributed by atoms with Crippen molar-refractivity contribution in [2.45, 2.75) is 31.7 Å². The Bertz CT molecular complexity index is 437. The molecule has 0 unspecified atom stereocenters. The highest BCUT2D eigenvalue weighted by Gasteiger charge is 2.29. The quantitative estimate of drug-likeness (QED) is 0.806. The predicted molar refractivity (Wildman–Crippen MR) is 70.6 cm³/mol. The maximum absolute atomic E-state index is 11.9. The summed E-state index contributed by atoms with van der Waals surface area (Å²) in [4.78, 5) is 11.5. The molecule has 1 aromatic rings. The molecule has 4 nitrogen and oxygen atoms in total. The number of ether oxygens (including phenoxy) is 1. The first-order chi connectivity index (χ1) is 9.78. The van der Waals surface area contributed by atoms with Gasteiger partial charge in [0.15, 0.2) is 0 Å². The van der Waals surface area contributed by atoms with Crippen molar-refractivity contribution in [2.24, 2.45) is 0 Å².